The van der Waals surface area contributed by atoms with Crippen LogP contribution in [-0.2, 0) is 11.3 Å². The molecule has 0 aliphatic carbocycles. The zero-order valence-corrected chi connectivity index (χ0v) is 12.3. The predicted molar refractivity (Wildman–Crippen MR) is 77.1 cm³/mol. The first-order valence-electron chi connectivity index (χ1n) is 5.63. The van der Waals surface area contributed by atoms with Crippen molar-refractivity contribution in [1.82, 2.24) is 4.57 Å². The molecular weight excluding hydrogens is 320 g/mol. The molecule has 0 spiro atoms. The van der Waals surface area contributed by atoms with E-state index < -0.39 is 22.1 Å². The van der Waals surface area contributed by atoms with Gasteiger partial charge in [-0.1, -0.05) is 11.6 Å². The van der Waals surface area contributed by atoms with Gasteiger partial charge < -0.3 is 9.30 Å². The quantitative estimate of drug-likeness (QED) is 0.488. The molecule has 0 amide bonds. The van der Waals surface area contributed by atoms with Gasteiger partial charge in [0.15, 0.2) is 0 Å². The van der Waals surface area contributed by atoms with Crippen molar-refractivity contribution in [3.63, 3.8) is 0 Å². The van der Waals surface area contributed by atoms with Gasteiger partial charge in [-0.15, -0.1) is 11.3 Å². The molecular formula is C12H9ClN2O5S. The van der Waals surface area contributed by atoms with Crippen LogP contribution in [0.3, 0.4) is 0 Å². The number of hydrogen-bond acceptors (Lipinski definition) is 6. The third kappa shape index (κ3) is 3.29. The van der Waals surface area contributed by atoms with E-state index in [1.165, 1.54) is 13.3 Å². The molecule has 0 N–H and O–H groups in total. The Morgan fingerprint density at radius 1 is 1.52 bits per heavy atom. The molecule has 0 atom stereocenters. The number of carbonyl (C=O) groups is 1. The van der Waals surface area contributed by atoms with Gasteiger partial charge in [-0.2, -0.15) is 0 Å². The third-order valence-corrected chi connectivity index (χ3v) is 3.86. The molecule has 0 saturated heterocycles. The number of rotatable bonds is 4. The standard InChI is InChI=1S/C12H9ClN2O5S/c1-20-12(17)10-3-2-8(21-10)6-14-5-7(13)4-9(11(14)16)15(18)19/h2-5H,6H2,1H3. The highest BCUT2D eigenvalue weighted by Crippen LogP contribution is 2.19. The first-order valence-corrected chi connectivity index (χ1v) is 6.83. The summed E-state index contributed by atoms with van der Waals surface area (Å²) >= 11 is 6.92. The summed E-state index contributed by atoms with van der Waals surface area (Å²) in [6.07, 6.45) is 1.31. The van der Waals surface area contributed by atoms with Crippen LogP contribution in [0.25, 0.3) is 0 Å². The Morgan fingerprint density at radius 3 is 2.86 bits per heavy atom. The summed E-state index contributed by atoms with van der Waals surface area (Å²) in [5.41, 5.74) is -1.34. The Balaban J connectivity index is 2.36. The minimum atomic E-state index is -0.779. The fourth-order valence-electron chi connectivity index (χ4n) is 1.67. The molecule has 0 bridgehead atoms. The molecule has 0 fully saturated rings. The number of ether oxygens (including phenoxy) is 1. The molecule has 0 radical (unpaired) electrons. The van der Waals surface area contributed by atoms with Gasteiger partial charge in [0.05, 0.1) is 23.6 Å². The van der Waals surface area contributed by atoms with Gasteiger partial charge in [-0.05, 0) is 12.1 Å². The van der Waals surface area contributed by atoms with Gasteiger partial charge in [0, 0.05) is 17.1 Å². The second-order valence-corrected chi connectivity index (χ2v) is 5.60. The van der Waals surface area contributed by atoms with E-state index in [-0.39, 0.29) is 11.6 Å². The maximum Gasteiger partial charge on any atom is 0.348 e. The number of nitro groups is 1. The van der Waals surface area contributed by atoms with Crippen LogP contribution in [0, 0.1) is 10.1 Å². The topological polar surface area (TPSA) is 91.4 Å². The zero-order chi connectivity index (χ0) is 15.6. The highest BCUT2D eigenvalue weighted by atomic mass is 35.5. The number of halogens is 1. The van der Waals surface area contributed by atoms with Crippen LogP contribution in [0.4, 0.5) is 5.69 Å². The van der Waals surface area contributed by atoms with Crippen LogP contribution in [-0.4, -0.2) is 22.6 Å². The number of carbonyl (C=O) groups excluding carboxylic acids is 1. The van der Waals surface area contributed by atoms with E-state index in [4.69, 9.17) is 11.6 Å². The number of methoxy groups -OCH3 is 1. The van der Waals surface area contributed by atoms with Gasteiger partial charge in [0.25, 0.3) is 0 Å². The summed E-state index contributed by atoms with van der Waals surface area (Å²) in [6.45, 7) is 0.0852. The van der Waals surface area contributed by atoms with Gasteiger partial charge in [0.2, 0.25) is 0 Å². The van der Waals surface area contributed by atoms with E-state index in [2.05, 4.69) is 4.74 Å². The van der Waals surface area contributed by atoms with Gasteiger partial charge in [-0.3, -0.25) is 14.9 Å². The second-order valence-electron chi connectivity index (χ2n) is 3.99. The first-order chi connectivity index (χ1) is 9.92. The molecule has 110 valence electrons. The van der Waals surface area contributed by atoms with E-state index in [1.807, 2.05) is 0 Å². The number of esters is 1. The molecule has 0 aliphatic heterocycles. The smallest absolute Gasteiger partial charge is 0.348 e. The molecule has 2 aromatic rings. The second kappa shape index (κ2) is 6.06. The molecule has 0 unspecified atom stereocenters. The van der Waals surface area contributed by atoms with Crippen molar-refractivity contribution in [2.24, 2.45) is 0 Å². The van der Waals surface area contributed by atoms with E-state index >= 15 is 0 Å². The molecule has 9 heteroatoms. The monoisotopic (exact) mass is 328 g/mol. The van der Waals surface area contributed by atoms with Gasteiger partial charge in [-0.25, -0.2) is 4.79 Å². The van der Waals surface area contributed by atoms with Crippen molar-refractivity contribution in [3.05, 3.63) is 59.6 Å². The minimum absolute atomic E-state index is 0.0852. The first kappa shape index (κ1) is 15.2. The molecule has 0 saturated carbocycles. The van der Waals surface area contributed by atoms with Gasteiger partial charge >= 0.3 is 17.2 Å². The zero-order valence-electron chi connectivity index (χ0n) is 10.7. The van der Waals surface area contributed by atoms with Crippen LogP contribution in [0.15, 0.2) is 29.2 Å². The highest BCUT2D eigenvalue weighted by molar-refractivity contribution is 7.13. The van der Waals surface area contributed by atoms with Crippen LogP contribution >= 0.6 is 22.9 Å². The number of thiophene rings is 1. The van der Waals surface area contributed by atoms with Crippen molar-refractivity contribution in [2.75, 3.05) is 7.11 Å². The molecule has 21 heavy (non-hydrogen) atoms. The fourth-order valence-corrected chi connectivity index (χ4v) is 2.82. The van der Waals surface area contributed by atoms with E-state index in [1.54, 1.807) is 12.1 Å². The van der Waals surface area contributed by atoms with Crippen molar-refractivity contribution in [1.29, 1.82) is 0 Å². The lowest BCUT2D eigenvalue weighted by Gasteiger charge is -2.04. The third-order valence-electron chi connectivity index (χ3n) is 2.60. The summed E-state index contributed by atoms with van der Waals surface area (Å²) in [5.74, 6) is -0.476. The summed E-state index contributed by atoms with van der Waals surface area (Å²) in [4.78, 5) is 34.4. The van der Waals surface area contributed by atoms with Crippen molar-refractivity contribution < 1.29 is 14.5 Å². The SMILES string of the molecule is COC(=O)c1ccc(Cn2cc(Cl)cc([N+](=O)[O-])c2=O)s1. The lowest BCUT2D eigenvalue weighted by Crippen LogP contribution is -2.22. The number of nitrogens with zero attached hydrogens (tertiary/aromatic N) is 2. The Bertz CT molecular complexity index is 767. The van der Waals surface area contributed by atoms with Crippen LogP contribution in [0.5, 0.6) is 0 Å². The maximum absolute atomic E-state index is 11.9. The fraction of sp³-hybridized carbons (Fsp3) is 0.167. The van der Waals surface area contributed by atoms with E-state index in [0.717, 1.165) is 22.0 Å². The predicted octanol–water partition coefficient (Wildman–Crippen LogP) is 2.31. The summed E-state index contributed by atoms with van der Waals surface area (Å²) in [6, 6.07) is 4.22. The van der Waals surface area contributed by atoms with Crippen molar-refractivity contribution in [3.8, 4) is 0 Å². The molecule has 2 rings (SSSR count). The van der Waals surface area contributed by atoms with E-state index in [0.29, 0.717) is 9.75 Å². The molecule has 2 heterocycles. The van der Waals surface area contributed by atoms with Crippen LogP contribution in [0.2, 0.25) is 5.02 Å². The summed E-state index contributed by atoms with van der Waals surface area (Å²) in [7, 11) is 1.27. The maximum atomic E-state index is 11.9. The Kier molecular flexibility index (Phi) is 4.39. The Hall–Kier alpha value is -2.19. The van der Waals surface area contributed by atoms with Crippen LogP contribution < -0.4 is 5.56 Å². The number of hydrogen-bond donors (Lipinski definition) is 0. The molecule has 0 aliphatic rings. The molecule has 7 nitrogen and oxygen atoms in total. The van der Waals surface area contributed by atoms with Crippen LogP contribution in [0.1, 0.15) is 14.5 Å². The average Bonchev–Trinajstić information content (AvgIpc) is 2.89. The summed E-state index contributed by atoms with van der Waals surface area (Å²) in [5, 5.41) is 10.9. The van der Waals surface area contributed by atoms with E-state index in [9.17, 15) is 19.7 Å². The van der Waals surface area contributed by atoms with Crippen molar-refractivity contribution in [2.45, 2.75) is 6.54 Å². The van der Waals surface area contributed by atoms with Gasteiger partial charge in [0.1, 0.15) is 4.88 Å². The lowest BCUT2D eigenvalue weighted by molar-refractivity contribution is -0.386. The number of pyridine rings is 1. The lowest BCUT2D eigenvalue weighted by atomic mass is 10.3. The average molecular weight is 329 g/mol. The number of aromatic nitrogens is 1. The normalized spacial score (nSPS) is 10.4. The minimum Gasteiger partial charge on any atom is -0.465 e. The Labute approximate surface area is 127 Å². The Morgan fingerprint density at radius 2 is 2.24 bits per heavy atom. The summed E-state index contributed by atoms with van der Waals surface area (Å²) < 4.78 is 5.72. The largest absolute Gasteiger partial charge is 0.465 e. The highest BCUT2D eigenvalue weighted by Gasteiger charge is 2.17. The molecule has 0 aromatic carbocycles. The molecule has 2 aromatic heterocycles. The van der Waals surface area contributed by atoms with Crippen molar-refractivity contribution >= 4 is 34.6 Å².